The van der Waals surface area contributed by atoms with E-state index in [0.717, 1.165) is 11.8 Å². The average molecular weight is 347 g/mol. The van der Waals surface area contributed by atoms with Crippen molar-refractivity contribution in [1.82, 2.24) is 4.90 Å². The van der Waals surface area contributed by atoms with Crippen LogP contribution in [0.15, 0.2) is 29.7 Å². The van der Waals surface area contributed by atoms with Crippen LogP contribution < -0.4 is 14.2 Å². The number of carbonyl (C=O) groups is 2. The van der Waals surface area contributed by atoms with Crippen LogP contribution in [-0.2, 0) is 4.79 Å². The first-order chi connectivity index (χ1) is 11.5. The van der Waals surface area contributed by atoms with Gasteiger partial charge in [0.25, 0.3) is 11.1 Å². The number of fused-ring (bicyclic) bond motifs is 1. The fourth-order valence-electron chi connectivity index (χ4n) is 2.41. The summed E-state index contributed by atoms with van der Waals surface area (Å²) in [6.45, 7) is 7.87. The zero-order valence-electron chi connectivity index (χ0n) is 13.4. The van der Waals surface area contributed by atoms with Crippen LogP contribution in [0, 0.1) is 0 Å². The number of nitrogens with zero attached hydrogens (tertiary/aromatic N) is 1. The molecule has 1 aromatic rings. The van der Waals surface area contributed by atoms with Gasteiger partial charge in [-0.2, -0.15) is 0 Å². The van der Waals surface area contributed by atoms with Gasteiger partial charge >= 0.3 is 0 Å². The standard InChI is InChI=1S/C17H17NO5S/c1-4-10(3)18-16(19)15(24-17(18)20)7-11-6-13-14(23-9-22-13)8-12(11)21-5-2/h4,6-8,10H,1,5,9H2,2-3H3/b15-7+/t10-/m1/s1. The predicted molar refractivity (Wildman–Crippen MR) is 91.2 cm³/mol. The molecule has 1 fully saturated rings. The molecule has 0 spiro atoms. The first-order valence-corrected chi connectivity index (χ1v) is 8.32. The van der Waals surface area contributed by atoms with Gasteiger partial charge in [0, 0.05) is 11.6 Å². The van der Waals surface area contributed by atoms with Gasteiger partial charge in [0.2, 0.25) is 6.79 Å². The van der Waals surface area contributed by atoms with Crippen molar-refractivity contribution in [2.45, 2.75) is 19.9 Å². The number of carbonyl (C=O) groups excluding carboxylic acids is 2. The quantitative estimate of drug-likeness (QED) is 0.601. The average Bonchev–Trinajstić information content (AvgIpc) is 3.11. The normalized spacial score (nSPS) is 19.1. The Balaban J connectivity index is 1.98. The molecule has 0 aromatic heterocycles. The molecule has 0 bridgehead atoms. The minimum atomic E-state index is -0.355. The maximum absolute atomic E-state index is 12.5. The summed E-state index contributed by atoms with van der Waals surface area (Å²) >= 11 is 0.904. The van der Waals surface area contributed by atoms with Gasteiger partial charge < -0.3 is 14.2 Å². The Hall–Kier alpha value is -2.41. The van der Waals surface area contributed by atoms with E-state index >= 15 is 0 Å². The van der Waals surface area contributed by atoms with E-state index in [0.29, 0.717) is 34.3 Å². The maximum Gasteiger partial charge on any atom is 0.294 e. The molecule has 0 unspecified atom stereocenters. The van der Waals surface area contributed by atoms with E-state index in [1.165, 1.54) is 4.90 Å². The maximum atomic E-state index is 12.5. The Morgan fingerprint density at radius 1 is 1.38 bits per heavy atom. The zero-order valence-corrected chi connectivity index (χ0v) is 14.2. The molecule has 1 aromatic carbocycles. The molecule has 6 nitrogen and oxygen atoms in total. The minimum absolute atomic E-state index is 0.151. The van der Waals surface area contributed by atoms with E-state index in [1.807, 2.05) is 6.92 Å². The van der Waals surface area contributed by atoms with Gasteiger partial charge in [-0.1, -0.05) is 6.08 Å². The van der Waals surface area contributed by atoms with Gasteiger partial charge in [-0.15, -0.1) is 6.58 Å². The Morgan fingerprint density at radius 3 is 2.75 bits per heavy atom. The van der Waals surface area contributed by atoms with Crippen LogP contribution in [-0.4, -0.2) is 35.5 Å². The van der Waals surface area contributed by atoms with Gasteiger partial charge in [-0.25, -0.2) is 0 Å². The van der Waals surface area contributed by atoms with Crippen molar-refractivity contribution in [2.75, 3.05) is 13.4 Å². The SMILES string of the molecule is C=C[C@@H](C)N1C(=O)S/C(=C/c2cc3c(cc2OCC)OCO3)C1=O. The molecule has 1 saturated heterocycles. The second kappa shape index (κ2) is 6.60. The van der Waals surface area contributed by atoms with Crippen LogP contribution >= 0.6 is 11.8 Å². The van der Waals surface area contributed by atoms with Crippen molar-refractivity contribution in [1.29, 1.82) is 0 Å². The summed E-state index contributed by atoms with van der Waals surface area (Å²) in [5, 5.41) is -0.308. The molecule has 126 valence electrons. The molecule has 0 N–H and O–H groups in total. The van der Waals surface area contributed by atoms with Crippen LogP contribution in [0.4, 0.5) is 4.79 Å². The number of benzene rings is 1. The minimum Gasteiger partial charge on any atom is -0.493 e. The molecule has 0 aliphatic carbocycles. The molecule has 0 radical (unpaired) electrons. The molecular formula is C17H17NO5S. The van der Waals surface area contributed by atoms with E-state index in [-0.39, 0.29) is 24.0 Å². The Kier molecular flexibility index (Phi) is 4.53. The zero-order chi connectivity index (χ0) is 17.3. The predicted octanol–water partition coefficient (Wildman–Crippen LogP) is 3.42. The van der Waals surface area contributed by atoms with Crippen LogP contribution in [0.1, 0.15) is 19.4 Å². The highest BCUT2D eigenvalue weighted by molar-refractivity contribution is 8.18. The topological polar surface area (TPSA) is 65.1 Å². The molecule has 2 aliphatic rings. The fourth-order valence-corrected chi connectivity index (χ4v) is 3.32. The third-order valence-electron chi connectivity index (χ3n) is 3.66. The lowest BCUT2D eigenvalue weighted by Crippen LogP contribution is -2.35. The van der Waals surface area contributed by atoms with E-state index in [2.05, 4.69) is 6.58 Å². The smallest absolute Gasteiger partial charge is 0.294 e. The third-order valence-corrected chi connectivity index (χ3v) is 4.55. The molecule has 2 heterocycles. The van der Waals surface area contributed by atoms with Crippen molar-refractivity contribution in [2.24, 2.45) is 0 Å². The number of amides is 2. The van der Waals surface area contributed by atoms with E-state index in [4.69, 9.17) is 14.2 Å². The number of ether oxygens (including phenoxy) is 3. The molecule has 0 saturated carbocycles. The van der Waals surface area contributed by atoms with Crippen molar-refractivity contribution in [3.05, 3.63) is 35.3 Å². The van der Waals surface area contributed by atoms with E-state index < -0.39 is 0 Å². The first-order valence-electron chi connectivity index (χ1n) is 7.51. The Labute approximate surface area is 144 Å². The number of hydrogen-bond acceptors (Lipinski definition) is 6. The highest BCUT2D eigenvalue weighted by Gasteiger charge is 2.37. The lowest BCUT2D eigenvalue weighted by atomic mass is 10.1. The van der Waals surface area contributed by atoms with Crippen molar-refractivity contribution < 1.29 is 23.8 Å². The van der Waals surface area contributed by atoms with Crippen LogP contribution in [0.2, 0.25) is 0 Å². The number of imide groups is 1. The Bertz CT molecular complexity index is 743. The lowest BCUT2D eigenvalue weighted by molar-refractivity contribution is -0.123. The van der Waals surface area contributed by atoms with Gasteiger partial charge in [0.1, 0.15) is 5.75 Å². The molecule has 7 heteroatoms. The van der Waals surface area contributed by atoms with Crippen LogP contribution in [0.3, 0.4) is 0 Å². The molecular weight excluding hydrogens is 330 g/mol. The van der Waals surface area contributed by atoms with Crippen molar-refractivity contribution in [3.63, 3.8) is 0 Å². The lowest BCUT2D eigenvalue weighted by Gasteiger charge is -2.17. The first kappa shape index (κ1) is 16.4. The fraction of sp³-hybridized carbons (Fsp3) is 0.294. The number of rotatable bonds is 5. The summed E-state index contributed by atoms with van der Waals surface area (Å²) in [6.07, 6.45) is 3.21. The second-order valence-corrected chi connectivity index (χ2v) is 6.20. The highest BCUT2D eigenvalue weighted by Crippen LogP contribution is 2.41. The van der Waals surface area contributed by atoms with Crippen LogP contribution in [0.25, 0.3) is 6.08 Å². The Morgan fingerprint density at radius 2 is 2.08 bits per heavy atom. The molecule has 24 heavy (non-hydrogen) atoms. The van der Waals surface area contributed by atoms with Crippen LogP contribution in [0.5, 0.6) is 17.2 Å². The summed E-state index contributed by atoms with van der Waals surface area (Å²) in [7, 11) is 0. The number of hydrogen-bond donors (Lipinski definition) is 0. The van der Waals surface area contributed by atoms with Crippen molar-refractivity contribution >= 4 is 29.0 Å². The third kappa shape index (κ3) is 2.87. The largest absolute Gasteiger partial charge is 0.493 e. The summed E-state index contributed by atoms with van der Waals surface area (Å²) < 4.78 is 16.3. The highest BCUT2D eigenvalue weighted by atomic mass is 32.2. The van der Waals surface area contributed by atoms with Gasteiger partial charge in [-0.05, 0) is 37.8 Å². The summed E-state index contributed by atoms with van der Waals surface area (Å²) in [4.78, 5) is 26.1. The monoisotopic (exact) mass is 347 g/mol. The van der Waals surface area contributed by atoms with E-state index in [1.54, 1.807) is 31.2 Å². The van der Waals surface area contributed by atoms with E-state index in [9.17, 15) is 9.59 Å². The summed E-state index contributed by atoms with van der Waals surface area (Å²) in [5.74, 6) is 1.43. The van der Waals surface area contributed by atoms with Gasteiger partial charge in [-0.3, -0.25) is 14.5 Å². The van der Waals surface area contributed by atoms with Crippen molar-refractivity contribution in [3.8, 4) is 17.2 Å². The molecule has 2 amide bonds. The summed E-state index contributed by atoms with van der Waals surface area (Å²) in [6, 6.07) is 3.12. The van der Waals surface area contributed by atoms with Gasteiger partial charge in [0.05, 0.1) is 17.6 Å². The van der Waals surface area contributed by atoms with Gasteiger partial charge in [0.15, 0.2) is 11.5 Å². The molecule has 1 atom stereocenters. The molecule has 2 aliphatic heterocycles. The number of thioether (sulfide) groups is 1. The summed E-state index contributed by atoms with van der Waals surface area (Å²) in [5.41, 5.74) is 0.665. The molecule has 3 rings (SSSR count). The second-order valence-electron chi connectivity index (χ2n) is 5.20.